The van der Waals surface area contributed by atoms with Crippen LogP contribution in [-0.2, 0) is 27.4 Å². The molecule has 6 rings (SSSR count). The van der Waals surface area contributed by atoms with E-state index in [0.29, 0.717) is 24.7 Å². The highest BCUT2D eigenvalue weighted by Gasteiger charge is 2.35. The standard InChI is InChI=1S/C37H38F3NO5/c1-42-36(43-2)27-17-19-41(20-18-27)30-13-11-26(12-14-30)34-33-16-15-31(44-23-25-7-4-3-5-8-25)22-29(33)24-45-35(34)28-9-6-10-32(21-28)46-37(38,39)40/h3-16,21-22,27,34-36H,17-20,23-24H2,1-2H3. The number of alkyl halides is 3. The lowest BCUT2D eigenvalue weighted by Gasteiger charge is -2.37. The molecule has 46 heavy (non-hydrogen) atoms. The van der Waals surface area contributed by atoms with Gasteiger partial charge in [-0.1, -0.05) is 60.7 Å². The van der Waals surface area contributed by atoms with E-state index in [1.54, 1.807) is 26.4 Å². The number of hydrogen-bond donors (Lipinski definition) is 0. The summed E-state index contributed by atoms with van der Waals surface area (Å²) in [5.74, 6) is 0.537. The SMILES string of the molecule is COC(OC)C1CCN(c2ccc(C3c4ccc(OCc5ccccc5)cc4COC3c3cccc(OC(F)(F)F)c3)cc2)CC1. The molecule has 2 aliphatic heterocycles. The summed E-state index contributed by atoms with van der Waals surface area (Å²) in [6, 6.07) is 30.4. The Bertz CT molecular complexity index is 1570. The quantitative estimate of drug-likeness (QED) is 0.164. The molecule has 2 unspecified atom stereocenters. The van der Waals surface area contributed by atoms with Crippen LogP contribution in [0.2, 0.25) is 0 Å². The van der Waals surface area contributed by atoms with Crippen LogP contribution in [0.25, 0.3) is 0 Å². The second-order valence-electron chi connectivity index (χ2n) is 11.7. The van der Waals surface area contributed by atoms with E-state index in [4.69, 9.17) is 18.9 Å². The molecule has 0 bridgehead atoms. The molecule has 0 N–H and O–H groups in total. The maximum absolute atomic E-state index is 13.1. The Morgan fingerprint density at radius 2 is 1.54 bits per heavy atom. The van der Waals surface area contributed by atoms with E-state index in [2.05, 4.69) is 33.9 Å². The second kappa shape index (κ2) is 14.2. The van der Waals surface area contributed by atoms with Crippen LogP contribution in [-0.4, -0.2) is 40.0 Å². The van der Waals surface area contributed by atoms with Crippen molar-refractivity contribution in [2.75, 3.05) is 32.2 Å². The summed E-state index contributed by atoms with van der Waals surface area (Å²) in [5, 5.41) is 0. The molecule has 4 aromatic carbocycles. The lowest BCUT2D eigenvalue weighted by Crippen LogP contribution is -2.39. The maximum atomic E-state index is 13.1. The zero-order valence-corrected chi connectivity index (χ0v) is 25.9. The third kappa shape index (κ3) is 7.49. The molecule has 0 aliphatic carbocycles. The van der Waals surface area contributed by atoms with Crippen LogP contribution in [0.5, 0.6) is 11.5 Å². The minimum absolute atomic E-state index is 0.197. The summed E-state index contributed by atoms with van der Waals surface area (Å²) < 4.78 is 67.0. The van der Waals surface area contributed by atoms with E-state index < -0.39 is 12.5 Å². The van der Waals surface area contributed by atoms with E-state index >= 15 is 0 Å². The number of anilines is 1. The molecule has 2 atom stereocenters. The first-order valence-corrected chi connectivity index (χ1v) is 15.5. The molecule has 0 spiro atoms. The van der Waals surface area contributed by atoms with Gasteiger partial charge in [0.15, 0.2) is 6.29 Å². The summed E-state index contributed by atoms with van der Waals surface area (Å²) in [6.45, 7) is 2.52. The van der Waals surface area contributed by atoms with Gasteiger partial charge in [-0.3, -0.25) is 0 Å². The molecule has 0 aromatic heterocycles. The topological polar surface area (TPSA) is 49.4 Å². The van der Waals surface area contributed by atoms with Crippen LogP contribution in [0, 0.1) is 5.92 Å². The number of methoxy groups -OCH3 is 2. The van der Waals surface area contributed by atoms with Crippen molar-refractivity contribution in [3.63, 3.8) is 0 Å². The Morgan fingerprint density at radius 1 is 0.804 bits per heavy atom. The van der Waals surface area contributed by atoms with Crippen LogP contribution in [0.4, 0.5) is 18.9 Å². The van der Waals surface area contributed by atoms with Crippen LogP contribution < -0.4 is 14.4 Å². The lowest BCUT2D eigenvalue weighted by atomic mass is 9.79. The van der Waals surface area contributed by atoms with Gasteiger partial charge in [0.2, 0.25) is 0 Å². The highest BCUT2D eigenvalue weighted by atomic mass is 19.4. The zero-order chi connectivity index (χ0) is 32.1. The van der Waals surface area contributed by atoms with E-state index in [9.17, 15) is 13.2 Å². The third-order valence-corrected chi connectivity index (χ3v) is 8.85. The molecule has 0 radical (unpaired) electrons. The van der Waals surface area contributed by atoms with Crippen molar-refractivity contribution in [2.24, 2.45) is 5.92 Å². The number of benzene rings is 4. The van der Waals surface area contributed by atoms with Crippen molar-refractivity contribution in [3.8, 4) is 11.5 Å². The Balaban J connectivity index is 1.27. The van der Waals surface area contributed by atoms with Crippen molar-refractivity contribution in [1.82, 2.24) is 0 Å². The van der Waals surface area contributed by atoms with Gasteiger partial charge in [0.25, 0.3) is 0 Å². The number of rotatable bonds is 10. The first kappa shape index (κ1) is 31.9. The van der Waals surface area contributed by atoms with Gasteiger partial charge in [-0.25, -0.2) is 0 Å². The van der Waals surface area contributed by atoms with Crippen molar-refractivity contribution < 1.29 is 36.9 Å². The van der Waals surface area contributed by atoms with Gasteiger partial charge in [0, 0.05) is 44.8 Å². The molecule has 4 aromatic rings. The van der Waals surface area contributed by atoms with E-state index in [0.717, 1.165) is 59.6 Å². The molecular formula is C37H38F3NO5. The first-order valence-electron chi connectivity index (χ1n) is 15.5. The largest absolute Gasteiger partial charge is 0.573 e. The molecule has 242 valence electrons. The van der Waals surface area contributed by atoms with Crippen LogP contribution in [0.15, 0.2) is 97.1 Å². The maximum Gasteiger partial charge on any atom is 0.573 e. The molecule has 0 amide bonds. The number of halogens is 3. The number of ether oxygens (including phenoxy) is 5. The molecule has 1 fully saturated rings. The average molecular weight is 634 g/mol. The number of fused-ring (bicyclic) bond motifs is 1. The Labute approximate surface area is 267 Å². The summed E-state index contributed by atoms with van der Waals surface area (Å²) in [5.41, 5.74) is 5.82. The fraction of sp³-hybridized carbons (Fsp3) is 0.351. The molecule has 2 aliphatic rings. The minimum atomic E-state index is -4.79. The molecule has 1 saturated heterocycles. The average Bonchev–Trinajstić information content (AvgIpc) is 3.07. The minimum Gasteiger partial charge on any atom is -0.489 e. The Hall–Kier alpha value is -4.05. The number of piperidine rings is 1. The summed E-state index contributed by atoms with van der Waals surface area (Å²) in [7, 11) is 3.36. The van der Waals surface area contributed by atoms with Crippen LogP contribution in [0.3, 0.4) is 0 Å². The Kier molecular flexibility index (Phi) is 9.82. The van der Waals surface area contributed by atoms with Gasteiger partial charge in [0.1, 0.15) is 18.1 Å². The van der Waals surface area contributed by atoms with Gasteiger partial charge in [-0.2, -0.15) is 0 Å². The fourth-order valence-corrected chi connectivity index (χ4v) is 6.62. The smallest absolute Gasteiger partial charge is 0.489 e. The van der Waals surface area contributed by atoms with Crippen molar-refractivity contribution in [2.45, 2.75) is 50.7 Å². The van der Waals surface area contributed by atoms with E-state index in [-0.39, 0.29) is 18.0 Å². The van der Waals surface area contributed by atoms with Gasteiger partial charge in [-0.05, 0) is 77.1 Å². The summed E-state index contributed by atoms with van der Waals surface area (Å²) in [6.07, 6.45) is -3.58. The fourth-order valence-electron chi connectivity index (χ4n) is 6.62. The van der Waals surface area contributed by atoms with Crippen LogP contribution in [0.1, 0.15) is 52.7 Å². The summed E-state index contributed by atoms with van der Waals surface area (Å²) >= 11 is 0. The van der Waals surface area contributed by atoms with Crippen molar-refractivity contribution in [3.05, 3.63) is 125 Å². The number of nitrogens with zero attached hydrogens (tertiary/aromatic N) is 1. The first-order chi connectivity index (χ1) is 22.3. The zero-order valence-electron chi connectivity index (χ0n) is 25.9. The van der Waals surface area contributed by atoms with Crippen molar-refractivity contribution >= 4 is 5.69 Å². The van der Waals surface area contributed by atoms with Gasteiger partial charge < -0.3 is 28.6 Å². The Morgan fingerprint density at radius 3 is 2.24 bits per heavy atom. The molecule has 2 heterocycles. The van der Waals surface area contributed by atoms with Gasteiger partial charge in [-0.15, -0.1) is 13.2 Å². The van der Waals surface area contributed by atoms with Crippen molar-refractivity contribution in [1.29, 1.82) is 0 Å². The van der Waals surface area contributed by atoms with Gasteiger partial charge >= 0.3 is 6.36 Å². The summed E-state index contributed by atoms with van der Waals surface area (Å²) in [4.78, 5) is 2.36. The molecular weight excluding hydrogens is 595 g/mol. The predicted molar refractivity (Wildman–Crippen MR) is 169 cm³/mol. The molecule has 6 nitrogen and oxygen atoms in total. The third-order valence-electron chi connectivity index (χ3n) is 8.85. The highest BCUT2D eigenvalue weighted by Crippen LogP contribution is 2.46. The highest BCUT2D eigenvalue weighted by molar-refractivity contribution is 5.52. The monoisotopic (exact) mass is 633 g/mol. The van der Waals surface area contributed by atoms with Crippen LogP contribution >= 0.6 is 0 Å². The van der Waals surface area contributed by atoms with E-state index in [1.807, 2.05) is 48.5 Å². The predicted octanol–water partition coefficient (Wildman–Crippen LogP) is 8.40. The van der Waals surface area contributed by atoms with E-state index in [1.165, 1.54) is 12.1 Å². The second-order valence-corrected chi connectivity index (χ2v) is 11.7. The lowest BCUT2D eigenvalue weighted by molar-refractivity contribution is -0.274. The number of hydrogen-bond acceptors (Lipinski definition) is 6. The normalized spacial score (nSPS) is 18.8. The van der Waals surface area contributed by atoms with Gasteiger partial charge in [0.05, 0.1) is 12.7 Å². The molecule has 0 saturated carbocycles. The molecule has 9 heteroatoms.